The molecule has 0 aromatic heterocycles. The molecule has 0 spiro atoms. The number of methoxy groups -OCH3 is 2. The van der Waals surface area contributed by atoms with E-state index in [9.17, 15) is 9.59 Å². The van der Waals surface area contributed by atoms with Crippen molar-refractivity contribution in [2.75, 3.05) is 14.2 Å². The summed E-state index contributed by atoms with van der Waals surface area (Å²) < 4.78 is 10.3. The van der Waals surface area contributed by atoms with Gasteiger partial charge in [-0.25, -0.2) is 0 Å². The first-order valence-electron chi connectivity index (χ1n) is 6.80. The molecule has 1 aromatic carbocycles. The third kappa shape index (κ3) is 3.65. The van der Waals surface area contributed by atoms with Crippen molar-refractivity contribution in [1.29, 1.82) is 0 Å². The Labute approximate surface area is 123 Å². The maximum Gasteiger partial charge on any atom is 0.306 e. The van der Waals surface area contributed by atoms with Crippen LogP contribution in [0.3, 0.4) is 0 Å². The van der Waals surface area contributed by atoms with Gasteiger partial charge in [0.2, 0.25) is 0 Å². The van der Waals surface area contributed by atoms with Crippen molar-refractivity contribution in [3.05, 3.63) is 23.8 Å². The van der Waals surface area contributed by atoms with E-state index in [1.54, 1.807) is 18.2 Å². The van der Waals surface area contributed by atoms with Gasteiger partial charge < -0.3 is 19.9 Å². The molecule has 0 bridgehead atoms. The van der Waals surface area contributed by atoms with Crippen molar-refractivity contribution < 1.29 is 24.2 Å². The van der Waals surface area contributed by atoms with Crippen molar-refractivity contribution in [2.24, 2.45) is 5.92 Å². The minimum absolute atomic E-state index is 0.101. The molecule has 1 amide bonds. The van der Waals surface area contributed by atoms with Crippen LogP contribution in [0.15, 0.2) is 18.2 Å². The molecule has 6 heteroatoms. The Bertz CT molecular complexity index is 521. The third-order valence-corrected chi connectivity index (χ3v) is 3.73. The van der Waals surface area contributed by atoms with Crippen molar-refractivity contribution in [3.63, 3.8) is 0 Å². The Morgan fingerprint density at radius 2 is 1.76 bits per heavy atom. The molecule has 2 atom stereocenters. The van der Waals surface area contributed by atoms with E-state index in [0.717, 1.165) is 0 Å². The molecule has 1 aliphatic carbocycles. The number of aliphatic carboxylic acids is 1. The summed E-state index contributed by atoms with van der Waals surface area (Å²) in [7, 11) is 3.04. The standard InChI is InChI=1S/C15H19NO5/c1-20-12-6-10(7-13(8-12)21-2)14(17)16-11-4-3-9(5-11)15(18)19/h6-9,11H,3-5H2,1-2H3,(H,16,17)(H,18,19)/t9-,11+/m1/s1. The van der Waals surface area contributed by atoms with Crippen LogP contribution in [0.25, 0.3) is 0 Å². The molecule has 1 fully saturated rings. The summed E-state index contributed by atoms with van der Waals surface area (Å²) in [6, 6.07) is 4.84. The minimum Gasteiger partial charge on any atom is -0.497 e. The van der Waals surface area contributed by atoms with E-state index in [4.69, 9.17) is 14.6 Å². The van der Waals surface area contributed by atoms with E-state index in [0.29, 0.717) is 36.3 Å². The predicted molar refractivity (Wildman–Crippen MR) is 75.8 cm³/mol. The second kappa shape index (κ2) is 6.47. The normalized spacial score (nSPS) is 20.9. The largest absolute Gasteiger partial charge is 0.497 e. The fraction of sp³-hybridized carbons (Fsp3) is 0.467. The van der Waals surface area contributed by atoms with Crippen LogP contribution in [0.2, 0.25) is 0 Å². The van der Waals surface area contributed by atoms with Crippen LogP contribution in [-0.4, -0.2) is 37.2 Å². The van der Waals surface area contributed by atoms with Gasteiger partial charge >= 0.3 is 5.97 Å². The Morgan fingerprint density at radius 1 is 1.14 bits per heavy atom. The third-order valence-electron chi connectivity index (χ3n) is 3.73. The molecule has 6 nitrogen and oxygen atoms in total. The number of hydrogen-bond acceptors (Lipinski definition) is 4. The first-order chi connectivity index (χ1) is 10.0. The van der Waals surface area contributed by atoms with Gasteiger partial charge in [-0.1, -0.05) is 0 Å². The maximum absolute atomic E-state index is 12.2. The molecule has 0 unspecified atom stereocenters. The molecule has 114 valence electrons. The number of hydrogen-bond donors (Lipinski definition) is 2. The van der Waals surface area contributed by atoms with Crippen LogP contribution in [0.5, 0.6) is 11.5 Å². The zero-order valence-electron chi connectivity index (χ0n) is 12.1. The fourth-order valence-corrected chi connectivity index (χ4v) is 2.54. The first-order valence-corrected chi connectivity index (χ1v) is 6.80. The molecule has 2 N–H and O–H groups in total. The van der Waals surface area contributed by atoms with Gasteiger partial charge in [-0.15, -0.1) is 0 Å². The Kier molecular flexibility index (Phi) is 4.67. The van der Waals surface area contributed by atoms with E-state index >= 15 is 0 Å². The predicted octanol–water partition coefficient (Wildman–Crippen LogP) is 1.69. The topological polar surface area (TPSA) is 84.9 Å². The van der Waals surface area contributed by atoms with E-state index in [1.807, 2.05) is 0 Å². The zero-order chi connectivity index (χ0) is 15.4. The smallest absolute Gasteiger partial charge is 0.306 e. The molecule has 2 rings (SSSR count). The molecule has 1 saturated carbocycles. The number of carbonyl (C=O) groups excluding carboxylic acids is 1. The highest BCUT2D eigenvalue weighted by atomic mass is 16.5. The van der Waals surface area contributed by atoms with Gasteiger partial charge in [-0.05, 0) is 31.4 Å². The number of ether oxygens (including phenoxy) is 2. The van der Waals surface area contributed by atoms with Crippen molar-refractivity contribution >= 4 is 11.9 Å². The quantitative estimate of drug-likeness (QED) is 0.863. The summed E-state index contributed by atoms with van der Waals surface area (Å²) >= 11 is 0. The van der Waals surface area contributed by atoms with Gasteiger partial charge in [0, 0.05) is 17.7 Å². The van der Waals surface area contributed by atoms with Gasteiger partial charge in [0.25, 0.3) is 5.91 Å². The molecule has 21 heavy (non-hydrogen) atoms. The molecular formula is C15H19NO5. The number of benzene rings is 1. The van der Waals surface area contributed by atoms with Crippen molar-refractivity contribution in [1.82, 2.24) is 5.32 Å². The molecule has 1 aromatic rings. The average Bonchev–Trinajstić information content (AvgIpc) is 2.95. The molecule has 0 heterocycles. The number of carbonyl (C=O) groups is 2. The van der Waals surface area contributed by atoms with Crippen LogP contribution >= 0.6 is 0 Å². The van der Waals surface area contributed by atoms with Gasteiger partial charge in [0.15, 0.2) is 0 Å². The van der Waals surface area contributed by atoms with Crippen LogP contribution in [0, 0.1) is 5.92 Å². The van der Waals surface area contributed by atoms with E-state index in [-0.39, 0.29) is 17.9 Å². The van der Waals surface area contributed by atoms with Crippen LogP contribution in [0.1, 0.15) is 29.6 Å². The average molecular weight is 293 g/mol. The number of carboxylic acid groups (broad SMARTS) is 1. The lowest BCUT2D eigenvalue weighted by Gasteiger charge is -2.14. The number of carboxylic acids is 1. The molecule has 0 radical (unpaired) electrons. The zero-order valence-corrected chi connectivity index (χ0v) is 12.1. The van der Waals surface area contributed by atoms with E-state index in [2.05, 4.69) is 5.32 Å². The van der Waals surface area contributed by atoms with Crippen LogP contribution in [0.4, 0.5) is 0 Å². The SMILES string of the molecule is COc1cc(OC)cc(C(=O)N[C@H]2CC[C@@H](C(=O)O)C2)c1. The van der Waals surface area contributed by atoms with Crippen molar-refractivity contribution in [2.45, 2.75) is 25.3 Å². The van der Waals surface area contributed by atoms with Crippen LogP contribution < -0.4 is 14.8 Å². The van der Waals surface area contributed by atoms with Gasteiger partial charge in [0.05, 0.1) is 20.1 Å². The number of nitrogens with one attached hydrogen (secondary N) is 1. The highest BCUT2D eigenvalue weighted by Crippen LogP contribution is 2.27. The van der Waals surface area contributed by atoms with E-state index < -0.39 is 5.97 Å². The van der Waals surface area contributed by atoms with Gasteiger partial charge in [-0.3, -0.25) is 9.59 Å². The lowest BCUT2D eigenvalue weighted by Crippen LogP contribution is -2.33. The molecule has 0 saturated heterocycles. The highest BCUT2D eigenvalue weighted by molar-refractivity contribution is 5.95. The van der Waals surface area contributed by atoms with Crippen molar-refractivity contribution in [3.8, 4) is 11.5 Å². The fourth-order valence-electron chi connectivity index (χ4n) is 2.54. The minimum atomic E-state index is -0.796. The Hall–Kier alpha value is -2.24. The molecular weight excluding hydrogens is 274 g/mol. The summed E-state index contributed by atoms with van der Waals surface area (Å²) in [6.07, 6.45) is 1.76. The van der Waals surface area contributed by atoms with Gasteiger partial charge in [-0.2, -0.15) is 0 Å². The van der Waals surface area contributed by atoms with Gasteiger partial charge in [0.1, 0.15) is 11.5 Å². The Morgan fingerprint density at radius 3 is 2.24 bits per heavy atom. The maximum atomic E-state index is 12.2. The molecule has 0 aliphatic heterocycles. The Balaban J connectivity index is 2.05. The second-order valence-corrected chi connectivity index (χ2v) is 5.12. The lowest BCUT2D eigenvalue weighted by molar-refractivity contribution is -0.141. The number of amides is 1. The lowest BCUT2D eigenvalue weighted by atomic mass is 10.1. The second-order valence-electron chi connectivity index (χ2n) is 5.12. The first kappa shape index (κ1) is 15.2. The highest BCUT2D eigenvalue weighted by Gasteiger charge is 2.30. The summed E-state index contributed by atoms with van der Waals surface area (Å²) in [4.78, 5) is 23.2. The summed E-state index contributed by atoms with van der Waals surface area (Å²) in [5.74, 6) is -0.336. The monoisotopic (exact) mass is 293 g/mol. The van der Waals surface area contributed by atoms with E-state index in [1.165, 1.54) is 14.2 Å². The summed E-state index contributed by atoms with van der Waals surface area (Å²) in [6.45, 7) is 0. The summed E-state index contributed by atoms with van der Waals surface area (Å²) in [5, 5.41) is 11.8. The molecule has 1 aliphatic rings. The van der Waals surface area contributed by atoms with Crippen LogP contribution in [-0.2, 0) is 4.79 Å². The number of rotatable bonds is 5. The summed E-state index contributed by atoms with van der Waals surface area (Å²) in [5.41, 5.74) is 0.435.